The summed E-state index contributed by atoms with van der Waals surface area (Å²) < 4.78 is 19.0. The Kier molecular flexibility index (Phi) is 4.24. The number of hydrogen-bond donors (Lipinski definition) is 1. The third-order valence-corrected chi connectivity index (χ3v) is 4.59. The van der Waals surface area contributed by atoms with E-state index in [-0.39, 0.29) is 17.5 Å². The Morgan fingerprint density at radius 1 is 1.33 bits per heavy atom. The van der Waals surface area contributed by atoms with Gasteiger partial charge in [-0.3, -0.25) is 4.79 Å². The van der Waals surface area contributed by atoms with Crippen LogP contribution < -0.4 is 10.1 Å². The van der Waals surface area contributed by atoms with E-state index in [0.29, 0.717) is 30.0 Å². The van der Waals surface area contributed by atoms with Crippen molar-refractivity contribution >= 4 is 5.78 Å². The number of rotatable bonds is 4. The van der Waals surface area contributed by atoms with Crippen LogP contribution in [0.2, 0.25) is 0 Å². The molecule has 2 heterocycles. The summed E-state index contributed by atoms with van der Waals surface area (Å²) >= 11 is 0. The Balaban J connectivity index is 1.82. The van der Waals surface area contributed by atoms with Gasteiger partial charge in [0.2, 0.25) is 0 Å². The Morgan fingerprint density at radius 3 is 2.71 bits per heavy atom. The van der Waals surface area contributed by atoms with Gasteiger partial charge in [0.15, 0.2) is 5.78 Å². The van der Waals surface area contributed by atoms with Gasteiger partial charge in [0.05, 0.1) is 12.2 Å². The number of halogens is 1. The molecule has 21 heavy (non-hydrogen) atoms. The van der Waals surface area contributed by atoms with Crippen molar-refractivity contribution in [3.05, 3.63) is 29.6 Å². The number of hydrogen-bond acceptors (Lipinski definition) is 3. The highest BCUT2D eigenvalue weighted by Gasteiger charge is 2.35. The number of carbonyl (C=O) groups is 1. The van der Waals surface area contributed by atoms with E-state index >= 15 is 0 Å². The number of ketones is 1. The molecule has 0 aromatic heterocycles. The zero-order valence-corrected chi connectivity index (χ0v) is 12.4. The molecular weight excluding hydrogens is 269 g/mol. The van der Waals surface area contributed by atoms with E-state index in [2.05, 4.69) is 5.32 Å². The van der Waals surface area contributed by atoms with Gasteiger partial charge >= 0.3 is 0 Å². The summed E-state index contributed by atoms with van der Waals surface area (Å²) in [5.74, 6) is 0.155. The predicted octanol–water partition coefficient (Wildman–Crippen LogP) is 3.33. The molecule has 3 rings (SSSR count). The van der Waals surface area contributed by atoms with Crippen molar-refractivity contribution in [3.63, 3.8) is 0 Å². The zero-order chi connectivity index (χ0) is 14.8. The maximum atomic E-state index is 13.5. The number of benzene rings is 1. The zero-order valence-electron chi connectivity index (χ0n) is 12.4. The minimum Gasteiger partial charge on any atom is -0.493 e. The van der Waals surface area contributed by atoms with Crippen LogP contribution in [-0.4, -0.2) is 24.5 Å². The molecule has 1 aromatic rings. The number of ether oxygens (including phenoxy) is 1. The van der Waals surface area contributed by atoms with Crippen LogP contribution in [0.5, 0.6) is 5.75 Å². The minimum atomic E-state index is -0.379. The van der Waals surface area contributed by atoms with Crippen LogP contribution in [0.15, 0.2) is 18.2 Å². The number of fused-ring (bicyclic) bond motifs is 2. The van der Waals surface area contributed by atoms with E-state index in [0.717, 1.165) is 25.7 Å². The van der Waals surface area contributed by atoms with E-state index in [1.807, 2.05) is 6.92 Å². The first-order valence-electron chi connectivity index (χ1n) is 7.90. The van der Waals surface area contributed by atoms with E-state index in [9.17, 15) is 9.18 Å². The number of piperidine rings is 2. The summed E-state index contributed by atoms with van der Waals surface area (Å²) in [6.45, 7) is 2.34. The number of nitrogens with one attached hydrogen (secondary N) is 1. The lowest BCUT2D eigenvalue weighted by Gasteiger charge is -2.39. The molecule has 2 fully saturated rings. The van der Waals surface area contributed by atoms with Crippen molar-refractivity contribution in [3.8, 4) is 5.75 Å². The van der Waals surface area contributed by atoms with E-state index in [4.69, 9.17) is 4.74 Å². The summed E-state index contributed by atoms with van der Waals surface area (Å²) in [7, 11) is 0. The Bertz CT molecular complexity index is 520. The first-order chi connectivity index (χ1) is 10.2. The summed E-state index contributed by atoms with van der Waals surface area (Å²) in [5, 5.41) is 3.58. The average molecular weight is 291 g/mol. The molecule has 0 aliphatic carbocycles. The molecule has 4 heteroatoms. The van der Waals surface area contributed by atoms with Crippen LogP contribution in [-0.2, 0) is 0 Å². The normalized spacial score (nSPS) is 28.2. The van der Waals surface area contributed by atoms with Crippen LogP contribution in [0.25, 0.3) is 0 Å². The quantitative estimate of drug-likeness (QED) is 0.865. The first kappa shape index (κ1) is 14.5. The van der Waals surface area contributed by atoms with Crippen LogP contribution in [0.1, 0.15) is 49.4 Å². The Labute approximate surface area is 124 Å². The molecule has 114 valence electrons. The third-order valence-electron chi connectivity index (χ3n) is 4.59. The molecule has 2 saturated heterocycles. The fourth-order valence-electron chi connectivity index (χ4n) is 3.68. The first-order valence-corrected chi connectivity index (χ1v) is 7.90. The van der Waals surface area contributed by atoms with Crippen molar-refractivity contribution in [2.24, 2.45) is 5.92 Å². The van der Waals surface area contributed by atoms with Gasteiger partial charge in [-0.15, -0.1) is 0 Å². The van der Waals surface area contributed by atoms with Crippen molar-refractivity contribution in [2.75, 3.05) is 6.61 Å². The van der Waals surface area contributed by atoms with Gasteiger partial charge in [0.25, 0.3) is 0 Å². The third kappa shape index (κ3) is 3.10. The summed E-state index contributed by atoms with van der Waals surface area (Å²) in [6.07, 6.45) is 5.24. The number of carbonyl (C=O) groups excluding carboxylic acids is 1. The van der Waals surface area contributed by atoms with Gasteiger partial charge < -0.3 is 10.1 Å². The second-order valence-corrected chi connectivity index (χ2v) is 6.10. The van der Waals surface area contributed by atoms with Crippen molar-refractivity contribution < 1.29 is 13.9 Å². The highest BCUT2D eigenvalue weighted by atomic mass is 19.1. The smallest absolute Gasteiger partial charge is 0.169 e. The molecule has 2 atom stereocenters. The van der Waals surface area contributed by atoms with Crippen molar-refractivity contribution in [2.45, 2.75) is 51.1 Å². The molecule has 0 spiro atoms. The van der Waals surface area contributed by atoms with E-state index in [1.54, 1.807) is 6.07 Å². The molecule has 3 nitrogen and oxygen atoms in total. The monoisotopic (exact) mass is 291 g/mol. The van der Waals surface area contributed by atoms with Crippen LogP contribution in [0, 0.1) is 11.7 Å². The summed E-state index contributed by atoms with van der Waals surface area (Å²) in [5.41, 5.74) is 0.404. The lowest BCUT2D eigenvalue weighted by atomic mass is 9.77. The summed E-state index contributed by atoms with van der Waals surface area (Å²) in [4.78, 5) is 12.8. The highest BCUT2D eigenvalue weighted by Crippen LogP contribution is 2.33. The van der Waals surface area contributed by atoms with Gasteiger partial charge in [-0.05, 0) is 50.8 Å². The minimum absolute atomic E-state index is 0.0115. The van der Waals surface area contributed by atoms with E-state index in [1.165, 1.54) is 18.6 Å². The Morgan fingerprint density at radius 2 is 2.05 bits per heavy atom. The van der Waals surface area contributed by atoms with Crippen molar-refractivity contribution in [1.82, 2.24) is 5.32 Å². The molecule has 2 aliphatic heterocycles. The average Bonchev–Trinajstić information content (AvgIpc) is 2.48. The molecule has 0 amide bonds. The second-order valence-electron chi connectivity index (χ2n) is 6.10. The molecule has 2 bridgehead atoms. The standard InChI is InChI=1S/C17H22FNO2/c1-2-21-16-7-6-12(18)10-15(16)17(20)11-8-13-4-3-5-14(9-11)19-13/h6-7,10-11,13-14,19H,2-5,8-9H2,1H3. The predicted molar refractivity (Wildman–Crippen MR) is 79.2 cm³/mol. The highest BCUT2D eigenvalue weighted by molar-refractivity contribution is 6.00. The van der Waals surface area contributed by atoms with Crippen LogP contribution >= 0.6 is 0 Å². The molecule has 2 aliphatic rings. The van der Waals surface area contributed by atoms with Gasteiger partial charge in [-0.25, -0.2) is 4.39 Å². The Hall–Kier alpha value is -1.42. The lowest BCUT2D eigenvalue weighted by molar-refractivity contribution is 0.0821. The van der Waals surface area contributed by atoms with Gasteiger partial charge in [0, 0.05) is 18.0 Å². The SMILES string of the molecule is CCOc1ccc(F)cc1C(=O)C1CC2CCCC(C1)N2. The maximum Gasteiger partial charge on any atom is 0.169 e. The lowest BCUT2D eigenvalue weighted by Crippen LogP contribution is -2.50. The fourth-order valence-corrected chi connectivity index (χ4v) is 3.68. The second kappa shape index (κ2) is 6.14. The molecule has 0 saturated carbocycles. The van der Waals surface area contributed by atoms with Gasteiger partial charge in [-0.1, -0.05) is 6.42 Å². The number of Topliss-reactive ketones (excluding diaryl/α,β-unsaturated/α-hetero) is 1. The largest absolute Gasteiger partial charge is 0.493 e. The molecule has 1 aromatic carbocycles. The molecular formula is C17H22FNO2. The summed E-state index contributed by atoms with van der Waals surface area (Å²) in [6, 6.07) is 5.11. The van der Waals surface area contributed by atoms with Crippen LogP contribution in [0.4, 0.5) is 4.39 Å². The topological polar surface area (TPSA) is 38.3 Å². The molecule has 1 N–H and O–H groups in total. The van der Waals surface area contributed by atoms with E-state index < -0.39 is 0 Å². The van der Waals surface area contributed by atoms with Crippen molar-refractivity contribution in [1.29, 1.82) is 0 Å². The van der Waals surface area contributed by atoms with Gasteiger partial charge in [-0.2, -0.15) is 0 Å². The van der Waals surface area contributed by atoms with Gasteiger partial charge in [0.1, 0.15) is 11.6 Å². The molecule has 2 unspecified atom stereocenters. The van der Waals surface area contributed by atoms with Crippen LogP contribution in [0.3, 0.4) is 0 Å². The maximum absolute atomic E-state index is 13.5. The molecule has 0 radical (unpaired) electrons. The fraction of sp³-hybridized carbons (Fsp3) is 0.588.